The lowest BCUT2D eigenvalue weighted by atomic mass is 10.1. The van der Waals surface area contributed by atoms with Crippen LogP contribution in [0.25, 0.3) is 0 Å². The summed E-state index contributed by atoms with van der Waals surface area (Å²) in [5, 5.41) is 28.9. The number of hydrogen-bond donors (Lipinski definition) is 2. The lowest BCUT2D eigenvalue weighted by Crippen LogP contribution is -1.83. The summed E-state index contributed by atoms with van der Waals surface area (Å²) in [5.41, 5.74) is 3.22. The number of azo groups is 1. The molecule has 5 nitrogen and oxygen atoms in total. The molecule has 0 aromatic heterocycles. The van der Waals surface area contributed by atoms with E-state index < -0.39 is 0 Å². The fourth-order valence-corrected chi connectivity index (χ4v) is 2.49. The SMILES string of the molecule is CCc1ccc(O)c(N=Cc2cc(N=Nc3ccc(Cl)cc3)ccc2O)c1. The van der Waals surface area contributed by atoms with Gasteiger partial charge in [0, 0.05) is 16.8 Å². The number of hydrogen-bond acceptors (Lipinski definition) is 5. The molecular formula is C21H18ClN3O2. The van der Waals surface area contributed by atoms with E-state index in [1.807, 2.05) is 19.1 Å². The summed E-state index contributed by atoms with van der Waals surface area (Å²) in [6.07, 6.45) is 2.33. The molecule has 3 rings (SSSR count). The molecule has 0 aliphatic rings. The Morgan fingerprint density at radius 2 is 1.52 bits per heavy atom. The Kier molecular flexibility index (Phi) is 5.84. The van der Waals surface area contributed by atoms with Crippen molar-refractivity contribution in [2.75, 3.05) is 0 Å². The fraction of sp³-hybridized carbons (Fsp3) is 0.0952. The first-order valence-electron chi connectivity index (χ1n) is 8.41. The van der Waals surface area contributed by atoms with Gasteiger partial charge < -0.3 is 10.2 Å². The van der Waals surface area contributed by atoms with E-state index in [1.165, 1.54) is 12.3 Å². The number of benzene rings is 3. The van der Waals surface area contributed by atoms with Gasteiger partial charge in [-0.2, -0.15) is 10.2 Å². The smallest absolute Gasteiger partial charge is 0.141 e. The first kappa shape index (κ1) is 18.6. The zero-order chi connectivity index (χ0) is 19.2. The molecule has 0 spiro atoms. The number of aryl methyl sites for hydroxylation is 1. The Labute approximate surface area is 162 Å². The van der Waals surface area contributed by atoms with Gasteiger partial charge >= 0.3 is 0 Å². The van der Waals surface area contributed by atoms with Crippen LogP contribution in [0, 0.1) is 0 Å². The highest BCUT2D eigenvalue weighted by Gasteiger charge is 2.03. The van der Waals surface area contributed by atoms with Crippen molar-refractivity contribution in [3.05, 3.63) is 76.8 Å². The minimum absolute atomic E-state index is 0.0651. The van der Waals surface area contributed by atoms with Crippen molar-refractivity contribution in [3.63, 3.8) is 0 Å². The van der Waals surface area contributed by atoms with Gasteiger partial charge in [0.2, 0.25) is 0 Å². The molecule has 0 unspecified atom stereocenters. The Hall–Kier alpha value is -3.18. The van der Waals surface area contributed by atoms with Crippen molar-refractivity contribution < 1.29 is 10.2 Å². The van der Waals surface area contributed by atoms with Crippen molar-refractivity contribution in [1.82, 2.24) is 0 Å². The van der Waals surface area contributed by atoms with Crippen molar-refractivity contribution in [3.8, 4) is 11.5 Å². The second-order valence-corrected chi connectivity index (χ2v) is 6.29. The zero-order valence-corrected chi connectivity index (χ0v) is 15.4. The highest BCUT2D eigenvalue weighted by Crippen LogP contribution is 2.29. The highest BCUT2D eigenvalue weighted by atomic mass is 35.5. The van der Waals surface area contributed by atoms with Crippen LogP contribution in [0.5, 0.6) is 11.5 Å². The van der Waals surface area contributed by atoms with Gasteiger partial charge in [-0.1, -0.05) is 24.6 Å². The summed E-state index contributed by atoms with van der Waals surface area (Å²) in [7, 11) is 0. The van der Waals surface area contributed by atoms with E-state index in [9.17, 15) is 10.2 Å². The van der Waals surface area contributed by atoms with Crippen LogP contribution < -0.4 is 0 Å². The third-order valence-corrected chi connectivity index (χ3v) is 4.16. The second-order valence-electron chi connectivity index (χ2n) is 5.85. The van der Waals surface area contributed by atoms with E-state index in [2.05, 4.69) is 15.2 Å². The van der Waals surface area contributed by atoms with Gasteiger partial charge in [-0.3, -0.25) is 4.99 Å². The van der Waals surface area contributed by atoms with Crippen LogP contribution in [0.2, 0.25) is 5.02 Å². The minimum atomic E-state index is 0.0651. The summed E-state index contributed by atoms with van der Waals surface area (Å²) in [5.74, 6) is 0.150. The Balaban J connectivity index is 1.84. The number of nitrogens with zero attached hydrogens (tertiary/aromatic N) is 3. The van der Waals surface area contributed by atoms with Crippen LogP contribution in [0.3, 0.4) is 0 Å². The van der Waals surface area contributed by atoms with Crippen molar-refractivity contribution in [2.45, 2.75) is 13.3 Å². The molecule has 136 valence electrons. The summed E-state index contributed by atoms with van der Waals surface area (Å²) in [4.78, 5) is 4.29. The predicted molar refractivity (Wildman–Crippen MR) is 108 cm³/mol. The number of phenols is 2. The minimum Gasteiger partial charge on any atom is -0.507 e. The molecule has 2 N–H and O–H groups in total. The monoisotopic (exact) mass is 379 g/mol. The quantitative estimate of drug-likeness (QED) is 0.393. The normalized spacial score (nSPS) is 11.5. The number of rotatable bonds is 5. The van der Waals surface area contributed by atoms with Gasteiger partial charge in [-0.05, 0) is 66.6 Å². The van der Waals surface area contributed by atoms with Crippen LogP contribution in [0.15, 0.2) is 75.9 Å². The van der Waals surface area contributed by atoms with E-state index >= 15 is 0 Å². The number of phenolic OH excluding ortho intramolecular Hbond substituents is 2. The van der Waals surface area contributed by atoms with Crippen molar-refractivity contribution in [2.24, 2.45) is 15.2 Å². The first-order chi connectivity index (χ1) is 13.0. The topological polar surface area (TPSA) is 77.5 Å². The van der Waals surface area contributed by atoms with Gasteiger partial charge in [0.1, 0.15) is 17.2 Å². The molecule has 0 heterocycles. The Bertz CT molecular complexity index is 999. The average molecular weight is 380 g/mol. The van der Waals surface area contributed by atoms with Crippen LogP contribution in [-0.2, 0) is 6.42 Å². The molecule has 0 saturated carbocycles. The summed E-state index contributed by atoms with van der Waals surface area (Å²) in [6.45, 7) is 2.03. The fourth-order valence-electron chi connectivity index (χ4n) is 2.36. The number of halogens is 1. The van der Waals surface area contributed by atoms with Crippen LogP contribution in [0.4, 0.5) is 17.1 Å². The maximum atomic E-state index is 10.1. The number of aliphatic imine (C=N–C) groups is 1. The molecule has 0 aliphatic heterocycles. The van der Waals surface area contributed by atoms with E-state index in [1.54, 1.807) is 42.5 Å². The molecule has 6 heteroatoms. The second kappa shape index (κ2) is 8.47. The largest absolute Gasteiger partial charge is 0.507 e. The maximum Gasteiger partial charge on any atom is 0.141 e. The van der Waals surface area contributed by atoms with E-state index in [-0.39, 0.29) is 11.5 Å². The van der Waals surface area contributed by atoms with Crippen LogP contribution in [0.1, 0.15) is 18.1 Å². The van der Waals surface area contributed by atoms with Gasteiger partial charge in [0.05, 0.1) is 11.4 Å². The summed E-state index contributed by atoms with van der Waals surface area (Å²) >= 11 is 5.85. The average Bonchev–Trinajstić information content (AvgIpc) is 2.68. The molecule has 0 fully saturated rings. The van der Waals surface area contributed by atoms with Crippen LogP contribution in [-0.4, -0.2) is 16.4 Å². The van der Waals surface area contributed by atoms with Crippen molar-refractivity contribution in [1.29, 1.82) is 0 Å². The molecular weight excluding hydrogens is 362 g/mol. The lowest BCUT2D eigenvalue weighted by molar-refractivity contribution is 0.474. The summed E-state index contributed by atoms with van der Waals surface area (Å²) < 4.78 is 0. The lowest BCUT2D eigenvalue weighted by Gasteiger charge is -2.03. The third kappa shape index (κ3) is 4.92. The molecule has 0 saturated heterocycles. The Morgan fingerprint density at radius 3 is 2.26 bits per heavy atom. The molecule has 0 radical (unpaired) electrons. The van der Waals surface area contributed by atoms with Gasteiger partial charge in [-0.25, -0.2) is 0 Å². The molecule has 27 heavy (non-hydrogen) atoms. The first-order valence-corrected chi connectivity index (χ1v) is 8.79. The number of aromatic hydroxyl groups is 2. The van der Waals surface area contributed by atoms with E-state index in [4.69, 9.17) is 11.6 Å². The van der Waals surface area contributed by atoms with E-state index in [0.29, 0.717) is 27.6 Å². The van der Waals surface area contributed by atoms with Gasteiger partial charge in [-0.15, -0.1) is 0 Å². The molecule has 0 aliphatic carbocycles. The van der Waals surface area contributed by atoms with Crippen molar-refractivity contribution >= 4 is 34.9 Å². The van der Waals surface area contributed by atoms with Crippen LogP contribution >= 0.6 is 11.6 Å². The van der Waals surface area contributed by atoms with Gasteiger partial charge in [0.25, 0.3) is 0 Å². The zero-order valence-electron chi connectivity index (χ0n) is 14.7. The molecule has 3 aromatic rings. The third-order valence-electron chi connectivity index (χ3n) is 3.91. The van der Waals surface area contributed by atoms with Gasteiger partial charge in [0.15, 0.2) is 0 Å². The molecule has 0 amide bonds. The summed E-state index contributed by atoms with van der Waals surface area (Å²) in [6, 6.07) is 17.1. The molecule has 0 atom stereocenters. The maximum absolute atomic E-state index is 10.1. The Morgan fingerprint density at radius 1 is 0.852 bits per heavy atom. The highest BCUT2D eigenvalue weighted by molar-refractivity contribution is 6.30. The predicted octanol–water partition coefficient (Wildman–Crippen LogP) is 6.48. The molecule has 3 aromatic carbocycles. The van der Waals surface area contributed by atoms with E-state index in [0.717, 1.165) is 12.0 Å². The molecule has 0 bridgehead atoms. The standard InChI is InChI=1S/C21H18ClN3O2/c1-2-14-3-9-21(27)19(11-14)23-13-15-12-18(8-10-20(15)26)25-24-17-6-4-16(22)5-7-17/h3-13,26-27H,2H2,1H3.